The van der Waals surface area contributed by atoms with Gasteiger partial charge in [-0.25, -0.2) is 4.79 Å². The average molecular weight is 255 g/mol. The van der Waals surface area contributed by atoms with Crippen molar-refractivity contribution >= 4 is 12.3 Å². The van der Waals surface area contributed by atoms with Crippen molar-refractivity contribution in [3.8, 4) is 0 Å². The Morgan fingerprint density at radius 1 is 1.21 bits per heavy atom. The molecule has 0 aliphatic carbocycles. The Morgan fingerprint density at radius 2 is 1.89 bits per heavy atom. The van der Waals surface area contributed by atoms with E-state index in [4.69, 9.17) is 5.11 Å². The zero-order valence-corrected chi connectivity index (χ0v) is 10.2. The highest BCUT2D eigenvalue weighted by atomic mass is 16.4. The van der Waals surface area contributed by atoms with E-state index in [-0.39, 0.29) is 6.54 Å². The van der Waals surface area contributed by atoms with Gasteiger partial charge < -0.3 is 5.11 Å². The lowest BCUT2D eigenvalue weighted by atomic mass is 10.2. The maximum absolute atomic E-state index is 11.1. The molecule has 0 aliphatic rings. The van der Waals surface area contributed by atoms with Gasteiger partial charge in [0.25, 0.3) is 0 Å². The second kappa shape index (κ2) is 6.30. The van der Waals surface area contributed by atoms with Crippen molar-refractivity contribution in [1.29, 1.82) is 0 Å². The molecular formula is C14H13N3O2. The number of hydrogen-bond donors (Lipinski definition) is 1. The quantitative estimate of drug-likeness (QED) is 0.674. The zero-order chi connectivity index (χ0) is 13.5. The Morgan fingerprint density at radius 3 is 2.53 bits per heavy atom. The first-order chi connectivity index (χ1) is 9.25. The van der Waals surface area contributed by atoms with E-state index >= 15 is 0 Å². The molecular weight excluding hydrogens is 242 g/mol. The summed E-state index contributed by atoms with van der Waals surface area (Å²) in [5, 5.41) is 14.1. The van der Waals surface area contributed by atoms with Crippen molar-refractivity contribution in [1.82, 2.24) is 9.99 Å². The van der Waals surface area contributed by atoms with Crippen LogP contribution in [0.1, 0.15) is 11.1 Å². The van der Waals surface area contributed by atoms with Crippen LogP contribution >= 0.6 is 0 Å². The lowest BCUT2D eigenvalue weighted by Crippen LogP contribution is -2.23. The molecule has 2 rings (SSSR count). The fraction of sp³-hybridized carbons (Fsp3) is 0.0714. The molecule has 19 heavy (non-hydrogen) atoms. The van der Waals surface area contributed by atoms with Crippen LogP contribution < -0.4 is 0 Å². The Labute approximate surface area is 110 Å². The summed E-state index contributed by atoms with van der Waals surface area (Å²) in [5.74, 6) is 0. The molecule has 2 aromatic rings. The molecule has 1 heterocycles. The maximum Gasteiger partial charge on any atom is 0.428 e. The van der Waals surface area contributed by atoms with E-state index < -0.39 is 6.09 Å². The third kappa shape index (κ3) is 3.92. The number of nitrogens with zero attached hydrogens (tertiary/aromatic N) is 3. The molecule has 5 nitrogen and oxygen atoms in total. The van der Waals surface area contributed by atoms with Gasteiger partial charge >= 0.3 is 6.09 Å². The fourth-order valence-electron chi connectivity index (χ4n) is 1.50. The lowest BCUT2D eigenvalue weighted by molar-refractivity contribution is 0.144. The van der Waals surface area contributed by atoms with E-state index in [1.807, 2.05) is 30.3 Å². The summed E-state index contributed by atoms with van der Waals surface area (Å²) in [4.78, 5) is 15.0. The van der Waals surface area contributed by atoms with E-state index in [9.17, 15) is 4.79 Å². The molecule has 0 fully saturated rings. The van der Waals surface area contributed by atoms with Crippen LogP contribution in [-0.4, -0.2) is 27.4 Å². The van der Waals surface area contributed by atoms with E-state index in [0.29, 0.717) is 0 Å². The van der Waals surface area contributed by atoms with Gasteiger partial charge in [0.05, 0.1) is 12.8 Å². The van der Waals surface area contributed by atoms with Gasteiger partial charge in [0, 0.05) is 12.4 Å². The van der Waals surface area contributed by atoms with Crippen LogP contribution in [0.25, 0.3) is 0 Å². The molecule has 0 saturated heterocycles. The summed E-state index contributed by atoms with van der Waals surface area (Å²) >= 11 is 0. The minimum Gasteiger partial charge on any atom is -0.464 e. The Bertz CT molecular complexity index is 555. The zero-order valence-electron chi connectivity index (χ0n) is 10.2. The van der Waals surface area contributed by atoms with Gasteiger partial charge in [0.2, 0.25) is 0 Å². The molecule has 1 N–H and O–H groups in total. The molecule has 0 atom stereocenters. The van der Waals surface area contributed by atoms with Crippen LogP contribution in [0, 0.1) is 0 Å². The van der Waals surface area contributed by atoms with Crippen molar-refractivity contribution in [2.75, 3.05) is 0 Å². The van der Waals surface area contributed by atoms with Crippen LogP contribution in [0.5, 0.6) is 0 Å². The molecule has 5 heteroatoms. The second-order valence-corrected chi connectivity index (χ2v) is 3.85. The third-order valence-corrected chi connectivity index (χ3v) is 2.45. The largest absolute Gasteiger partial charge is 0.464 e. The van der Waals surface area contributed by atoms with Crippen LogP contribution in [0.3, 0.4) is 0 Å². The Kier molecular flexibility index (Phi) is 4.23. The topological polar surface area (TPSA) is 65.8 Å². The monoisotopic (exact) mass is 255 g/mol. The van der Waals surface area contributed by atoms with E-state index in [0.717, 1.165) is 16.1 Å². The van der Waals surface area contributed by atoms with Crippen molar-refractivity contribution < 1.29 is 9.90 Å². The van der Waals surface area contributed by atoms with Crippen molar-refractivity contribution in [3.63, 3.8) is 0 Å². The molecule has 0 unspecified atom stereocenters. The van der Waals surface area contributed by atoms with Gasteiger partial charge in [0.15, 0.2) is 0 Å². The molecule has 0 radical (unpaired) electrons. The van der Waals surface area contributed by atoms with Crippen molar-refractivity contribution in [2.45, 2.75) is 6.54 Å². The standard InChI is InChI=1S/C14H13N3O2/c18-14(19)17(11-13-4-2-1-3-5-13)16-10-12-6-8-15-9-7-12/h1-10H,11H2,(H,18,19)/b16-10-. The first kappa shape index (κ1) is 12.8. The van der Waals surface area contributed by atoms with E-state index in [2.05, 4.69) is 10.1 Å². The van der Waals surface area contributed by atoms with Gasteiger partial charge in [-0.15, -0.1) is 0 Å². The minimum absolute atomic E-state index is 0.220. The molecule has 0 saturated carbocycles. The molecule has 0 spiro atoms. The van der Waals surface area contributed by atoms with Gasteiger partial charge in [-0.05, 0) is 23.3 Å². The Balaban J connectivity index is 2.09. The molecule has 0 aliphatic heterocycles. The van der Waals surface area contributed by atoms with Crippen LogP contribution in [0.4, 0.5) is 4.79 Å². The van der Waals surface area contributed by atoms with Crippen molar-refractivity contribution in [3.05, 3.63) is 66.0 Å². The van der Waals surface area contributed by atoms with Gasteiger partial charge in [0.1, 0.15) is 0 Å². The number of rotatable bonds is 4. The fourth-order valence-corrected chi connectivity index (χ4v) is 1.50. The lowest BCUT2D eigenvalue weighted by Gasteiger charge is -2.12. The number of pyridine rings is 1. The highest BCUT2D eigenvalue weighted by Gasteiger charge is 2.09. The highest BCUT2D eigenvalue weighted by Crippen LogP contribution is 2.05. The number of amides is 1. The SMILES string of the molecule is O=C(O)N(Cc1ccccc1)/N=C\c1ccncc1. The first-order valence-corrected chi connectivity index (χ1v) is 5.74. The predicted molar refractivity (Wildman–Crippen MR) is 71.8 cm³/mol. The maximum atomic E-state index is 11.1. The third-order valence-electron chi connectivity index (χ3n) is 2.45. The number of hydrazone groups is 1. The molecule has 1 amide bonds. The summed E-state index contributed by atoms with van der Waals surface area (Å²) in [7, 11) is 0. The summed E-state index contributed by atoms with van der Waals surface area (Å²) in [6, 6.07) is 12.8. The highest BCUT2D eigenvalue weighted by molar-refractivity contribution is 5.80. The van der Waals surface area contributed by atoms with Crippen molar-refractivity contribution in [2.24, 2.45) is 5.10 Å². The van der Waals surface area contributed by atoms with E-state index in [1.165, 1.54) is 6.21 Å². The summed E-state index contributed by atoms with van der Waals surface area (Å²) in [5.41, 5.74) is 1.69. The molecule has 1 aromatic heterocycles. The van der Waals surface area contributed by atoms with Crippen LogP contribution in [-0.2, 0) is 6.54 Å². The summed E-state index contributed by atoms with van der Waals surface area (Å²) < 4.78 is 0. The number of aromatic nitrogens is 1. The summed E-state index contributed by atoms with van der Waals surface area (Å²) in [6.45, 7) is 0.220. The number of carbonyl (C=O) groups is 1. The number of benzene rings is 1. The predicted octanol–water partition coefficient (Wildman–Crippen LogP) is 2.60. The average Bonchev–Trinajstić information content (AvgIpc) is 2.45. The van der Waals surface area contributed by atoms with Gasteiger partial charge in [-0.3, -0.25) is 4.98 Å². The van der Waals surface area contributed by atoms with Gasteiger partial charge in [-0.2, -0.15) is 10.1 Å². The molecule has 0 bridgehead atoms. The van der Waals surface area contributed by atoms with Gasteiger partial charge in [-0.1, -0.05) is 30.3 Å². The smallest absolute Gasteiger partial charge is 0.428 e. The Hall–Kier alpha value is -2.69. The summed E-state index contributed by atoms with van der Waals surface area (Å²) in [6.07, 6.45) is 3.67. The first-order valence-electron chi connectivity index (χ1n) is 5.74. The molecule has 96 valence electrons. The number of hydrogen-bond acceptors (Lipinski definition) is 3. The normalized spacial score (nSPS) is 10.5. The minimum atomic E-state index is -1.09. The molecule has 1 aromatic carbocycles. The number of carboxylic acid groups (broad SMARTS) is 1. The second-order valence-electron chi connectivity index (χ2n) is 3.85. The van der Waals surface area contributed by atoms with Crippen LogP contribution in [0.15, 0.2) is 60.0 Å². The van der Waals surface area contributed by atoms with Crippen LogP contribution in [0.2, 0.25) is 0 Å². The van der Waals surface area contributed by atoms with E-state index in [1.54, 1.807) is 24.5 Å².